The number of halogens is 2. The maximum atomic E-state index is 12.0. The number of carbonyl (C=O) groups excluding carboxylic acids is 1. The van der Waals surface area contributed by atoms with Gasteiger partial charge in [-0.3, -0.25) is 4.79 Å². The Balaban J connectivity index is 1.88. The Labute approximate surface area is 108 Å². The second kappa shape index (κ2) is 6.15. The highest BCUT2D eigenvalue weighted by Crippen LogP contribution is 2.27. The van der Waals surface area contributed by atoms with Crippen molar-refractivity contribution in [3.8, 4) is 5.75 Å². The minimum Gasteiger partial charge on any atom is -0.435 e. The molecule has 0 saturated carbocycles. The van der Waals surface area contributed by atoms with Gasteiger partial charge in [-0.1, -0.05) is 0 Å². The number of benzene rings is 1. The third-order valence-electron chi connectivity index (χ3n) is 2.56. The molecule has 1 aliphatic heterocycles. The van der Waals surface area contributed by atoms with Crippen molar-refractivity contribution in [2.45, 2.75) is 24.3 Å². The van der Waals surface area contributed by atoms with Gasteiger partial charge in [0.25, 0.3) is 0 Å². The van der Waals surface area contributed by atoms with Crippen molar-refractivity contribution in [3.05, 3.63) is 24.3 Å². The van der Waals surface area contributed by atoms with Gasteiger partial charge in [-0.25, -0.2) is 4.31 Å². The summed E-state index contributed by atoms with van der Waals surface area (Å²) in [6.45, 7) is -1.32. The van der Waals surface area contributed by atoms with E-state index in [1.54, 1.807) is 12.1 Å². The van der Waals surface area contributed by atoms with Crippen molar-refractivity contribution in [1.82, 2.24) is 4.31 Å². The first-order valence-corrected chi connectivity index (χ1v) is 6.40. The summed E-state index contributed by atoms with van der Waals surface area (Å²) in [6, 6.07) is 6.50. The predicted molar refractivity (Wildman–Crippen MR) is 64.7 cm³/mol. The molecule has 0 radical (unpaired) electrons. The predicted octanol–water partition coefficient (Wildman–Crippen LogP) is 2.96. The first kappa shape index (κ1) is 13.3. The Kier molecular flexibility index (Phi) is 4.54. The fourth-order valence-electron chi connectivity index (χ4n) is 1.66. The van der Waals surface area contributed by atoms with E-state index in [0.717, 1.165) is 18.0 Å². The first-order chi connectivity index (χ1) is 8.63. The second-order valence-electron chi connectivity index (χ2n) is 3.91. The number of alkyl halides is 2. The molecule has 98 valence electrons. The van der Waals surface area contributed by atoms with Gasteiger partial charge in [0.05, 0.1) is 0 Å². The molecule has 1 fully saturated rings. The van der Waals surface area contributed by atoms with Gasteiger partial charge in [0, 0.05) is 30.8 Å². The van der Waals surface area contributed by atoms with Gasteiger partial charge in [-0.15, -0.1) is 0 Å². The molecule has 0 aliphatic carbocycles. The van der Waals surface area contributed by atoms with Gasteiger partial charge in [0.2, 0.25) is 0 Å². The van der Waals surface area contributed by atoms with Gasteiger partial charge in [-0.05, 0) is 36.2 Å². The van der Waals surface area contributed by atoms with Crippen LogP contribution in [0.15, 0.2) is 29.2 Å². The van der Waals surface area contributed by atoms with Gasteiger partial charge in [-0.2, -0.15) is 8.78 Å². The van der Waals surface area contributed by atoms with Crippen LogP contribution in [0.3, 0.4) is 0 Å². The number of Topliss-reactive ketones (excluding diaryl/α,β-unsaturated/α-hetero) is 1. The lowest BCUT2D eigenvalue weighted by molar-refractivity contribution is -0.120. The van der Waals surface area contributed by atoms with Crippen LogP contribution in [-0.2, 0) is 4.79 Å². The number of ketones is 1. The third kappa shape index (κ3) is 3.96. The van der Waals surface area contributed by atoms with E-state index in [0.29, 0.717) is 18.6 Å². The van der Waals surface area contributed by atoms with Crippen molar-refractivity contribution in [2.24, 2.45) is 0 Å². The molecule has 6 heteroatoms. The summed E-state index contributed by atoms with van der Waals surface area (Å²) >= 11 is 1.53. The fourth-order valence-corrected chi connectivity index (χ4v) is 2.58. The number of piperidine rings is 1. The lowest BCUT2D eigenvalue weighted by atomic mass is 10.1. The van der Waals surface area contributed by atoms with Crippen LogP contribution in [-0.4, -0.2) is 29.8 Å². The second-order valence-corrected chi connectivity index (χ2v) is 5.08. The summed E-state index contributed by atoms with van der Waals surface area (Å²) in [6.07, 6.45) is 1.17. The van der Waals surface area contributed by atoms with Gasteiger partial charge in [0.15, 0.2) is 0 Å². The number of nitrogens with zero attached hydrogens (tertiary/aromatic N) is 1. The maximum absolute atomic E-state index is 12.0. The number of hydrogen-bond donors (Lipinski definition) is 0. The molecule has 2 rings (SSSR count). The molecule has 1 heterocycles. The smallest absolute Gasteiger partial charge is 0.387 e. The molecule has 18 heavy (non-hydrogen) atoms. The highest BCUT2D eigenvalue weighted by molar-refractivity contribution is 7.97. The molecule has 0 atom stereocenters. The molecule has 1 saturated heterocycles. The molecule has 3 nitrogen and oxygen atoms in total. The minimum absolute atomic E-state index is 0.156. The van der Waals surface area contributed by atoms with E-state index in [-0.39, 0.29) is 5.75 Å². The van der Waals surface area contributed by atoms with Crippen molar-refractivity contribution >= 4 is 17.7 Å². The summed E-state index contributed by atoms with van der Waals surface area (Å²) < 4.78 is 30.3. The van der Waals surface area contributed by atoms with Crippen LogP contribution in [0.2, 0.25) is 0 Å². The normalized spacial score (nSPS) is 17.2. The summed E-state index contributed by atoms with van der Waals surface area (Å²) in [4.78, 5) is 12.0. The Morgan fingerprint density at radius 1 is 1.17 bits per heavy atom. The van der Waals surface area contributed by atoms with Crippen molar-refractivity contribution in [1.29, 1.82) is 0 Å². The Hall–Kier alpha value is -1.14. The van der Waals surface area contributed by atoms with Crippen molar-refractivity contribution in [3.63, 3.8) is 0 Å². The van der Waals surface area contributed by atoms with E-state index in [4.69, 9.17) is 0 Å². The van der Waals surface area contributed by atoms with Crippen LogP contribution in [0.5, 0.6) is 5.75 Å². The maximum Gasteiger partial charge on any atom is 0.387 e. The molecule has 0 aromatic heterocycles. The van der Waals surface area contributed by atoms with Crippen LogP contribution < -0.4 is 4.74 Å². The zero-order valence-corrected chi connectivity index (χ0v) is 10.5. The Morgan fingerprint density at radius 2 is 1.78 bits per heavy atom. The zero-order chi connectivity index (χ0) is 13.0. The summed E-state index contributed by atoms with van der Waals surface area (Å²) in [7, 11) is 0. The number of hydrogen-bond acceptors (Lipinski definition) is 4. The fraction of sp³-hybridized carbons (Fsp3) is 0.417. The lowest BCUT2D eigenvalue weighted by Gasteiger charge is -2.24. The molecule has 1 aromatic rings. The van der Waals surface area contributed by atoms with Crippen molar-refractivity contribution < 1.29 is 18.3 Å². The topological polar surface area (TPSA) is 29.5 Å². The van der Waals surface area contributed by atoms with Crippen LogP contribution >= 0.6 is 11.9 Å². The largest absolute Gasteiger partial charge is 0.435 e. The van der Waals surface area contributed by atoms with Crippen molar-refractivity contribution in [2.75, 3.05) is 13.1 Å². The van der Waals surface area contributed by atoms with Gasteiger partial charge >= 0.3 is 6.61 Å². The highest BCUT2D eigenvalue weighted by atomic mass is 32.2. The number of ether oxygens (including phenoxy) is 1. The molecular weight excluding hydrogens is 260 g/mol. The molecule has 0 unspecified atom stereocenters. The molecule has 1 aliphatic rings. The van der Waals surface area contributed by atoms with E-state index in [2.05, 4.69) is 9.04 Å². The molecule has 0 bridgehead atoms. The third-order valence-corrected chi connectivity index (χ3v) is 3.67. The number of carbonyl (C=O) groups is 1. The van der Waals surface area contributed by atoms with E-state index in [1.165, 1.54) is 24.1 Å². The summed E-state index contributed by atoms with van der Waals surface area (Å²) in [5.41, 5.74) is 0. The quantitative estimate of drug-likeness (QED) is 0.789. The average molecular weight is 273 g/mol. The van der Waals surface area contributed by atoms with Gasteiger partial charge in [0.1, 0.15) is 11.5 Å². The molecule has 1 aromatic carbocycles. The lowest BCUT2D eigenvalue weighted by Crippen LogP contribution is -2.28. The van der Waals surface area contributed by atoms with E-state index in [9.17, 15) is 13.6 Å². The van der Waals surface area contributed by atoms with Crippen LogP contribution in [0.1, 0.15) is 12.8 Å². The minimum atomic E-state index is -2.79. The van der Waals surface area contributed by atoms with E-state index >= 15 is 0 Å². The summed E-state index contributed by atoms with van der Waals surface area (Å²) in [5, 5.41) is 0. The molecule has 0 spiro atoms. The highest BCUT2D eigenvalue weighted by Gasteiger charge is 2.16. The Bertz CT molecular complexity index is 401. The standard InChI is InChI=1S/C12H13F2NO2S/c13-12(14)17-10-1-3-11(4-2-10)18-15-7-5-9(16)6-8-15/h1-4,12H,5-8H2. The van der Waals surface area contributed by atoms with E-state index < -0.39 is 6.61 Å². The first-order valence-electron chi connectivity index (χ1n) is 5.63. The Morgan fingerprint density at radius 3 is 2.33 bits per heavy atom. The average Bonchev–Trinajstić information content (AvgIpc) is 2.34. The van der Waals surface area contributed by atoms with Crippen LogP contribution in [0, 0.1) is 0 Å². The monoisotopic (exact) mass is 273 g/mol. The van der Waals surface area contributed by atoms with Crippen LogP contribution in [0.4, 0.5) is 8.78 Å². The number of rotatable bonds is 4. The zero-order valence-electron chi connectivity index (χ0n) is 9.64. The van der Waals surface area contributed by atoms with E-state index in [1.807, 2.05) is 0 Å². The SMILES string of the molecule is O=C1CCN(Sc2ccc(OC(F)F)cc2)CC1. The molecule has 0 amide bonds. The molecule has 0 N–H and O–H groups in total. The molecular formula is C12H13F2NO2S. The van der Waals surface area contributed by atoms with Crippen LogP contribution in [0.25, 0.3) is 0 Å². The summed E-state index contributed by atoms with van der Waals surface area (Å²) in [5.74, 6) is 0.454. The van der Waals surface area contributed by atoms with Gasteiger partial charge < -0.3 is 4.74 Å².